The van der Waals surface area contributed by atoms with E-state index < -0.39 is 0 Å². The highest BCUT2D eigenvalue weighted by atomic mass is 127. The number of carbonyl (C=O) groups excluding carboxylic acids is 1. The Kier molecular flexibility index (Phi) is 4.90. The standard InChI is InChI=1S/C19H21IN2O/c1-14-4-3-5-18(15(14)2)21-10-12-22(13-11-21)19(23)16-6-8-17(20)9-7-16/h3-9H,10-13H2,1-2H3. The first-order chi connectivity index (χ1) is 11.1. The zero-order valence-corrected chi connectivity index (χ0v) is 15.7. The summed E-state index contributed by atoms with van der Waals surface area (Å²) in [6.45, 7) is 7.65. The summed E-state index contributed by atoms with van der Waals surface area (Å²) in [5.41, 5.74) is 4.74. The van der Waals surface area contributed by atoms with Crippen molar-refractivity contribution in [3.8, 4) is 0 Å². The molecule has 1 aliphatic heterocycles. The maximum atomic E-state index is 12.6. The van der Waals surface area contributed by atoms with E-state index in [-0.39, 0.29) is 5.91 Å². The van der Waals surface area contributed by atoms with E-state index in [9.17, 15) is 4.79 Å². The highest BCUT2D eigenvalue weighted by Gasteiger charge is 2.23. The number of nitrogens with zero attached hydrogens (tertiary/aromatic N) is 2. The van der Waals surface area contributed by atoms with Gasteiger partial charge in [-0.15, -0.1) is 0 Å². The molecule has 1 aliphatic rings. The number of carbonyl (C=O) groups is 1. The fraction of sp³-hybridized carbons (Fsp3) is 0.316. The van der Waals surface area contributed by atoms with Crippen LogP contribution in [0.2, 0.25) is 0 Å². The van der Waals surface area contributed by atoms with E-state index in [0.717, 1.165) is 35.3 Å². The van der Waals surface area contributed by atoms with Crippen LogP contribution >= 0.6 is 22.6 Å². The third kappa shape index (κ3) is 3.52. The van der Waals surface area contributed by atoms with E-state index in [1.54, 1.807) is 0 Å². The number of piperazine rings is 1. The lowest BCUT2D eigenvalue weighted by Crippen LogP contribution is -2.49. The predicted molar refractivity (Wildman–Crippen MR) is 103 cm³/mol. The van der Waals surface area contributed by atoms with Gasteiger partial charge in [-0.3, -0.25) is 4.79 Å². The molecular formula is C19H21IN2O. The molecule has 1 fully saturated rings. The van der Waals surface area contributed by atoms with E-state index in [4.69, 9.17) is 0 Å². The summed E-state index contributed by atoms with van der Waals surface area (Å²) in [5.74, 6) is 0.141. The van der Waals surface area contributed by atoms with E-state index >= 15 is 0 Å². The smallest absolute Gasteiger partial charge is 0.253 e. The first-order valence-electron chi connectivity index (χ1n) is 7.92. The lowest BCUT2D eigenvalue weighted by atomic mass is 10.1. The van der Waals surface area contributed by atoms with Crippen molar-refractivity contribution in [3.63, 3.8) is 0 Å². The van der Waals surface area contributed by atoms with Crippen LogP contribution in [0.15, 0.2) is 42.5 Å². The fourth-order valence-corrected chi connectivity index (χ4v) is 3.36. The summed E-state index contributed by atoms with van der Waals surface area (Å²) in [6.07, 6.45) is 0. The van der Waals surface area contributed by atoms with Crippen LogP contribution in [-0.2, 0) is 0 Å². The molecule has 1 saturated heterocycles. The minimum absolute atomic E-state index is 0.141. The molecule has 3 rings (SSSR count). The molecule has 1 heterocycles. The van der Waals surface area contributed by atoms with Gasteiger partial charge in [-0.25, -0.2) is 0 Å². The monoisotopic (exact) mass is 420 g/mol. The molecule has 0 N–H and O–H groups in total. The van der Waals surface area contributed by atoms with E-state index in [2.05, 4.69) is 59.5 Å². The molecule has 0 radical (unpaired) electrons. The Bertz CT molecular complexity index is 704. The van der Waals surface area contributed by atoms with Crippen molar-refractivity contribution in [2.75, 3.05) is 31.1 Å². The fourth-order valence-electron chi connectivity index (χ4n) is 3.00. The summed E-state index contributed by atoms with van der Waals surface area (Å²) >= 11 is 2.26. The molecule has 1 amide bonds. The third-order valence-electron chi connectivity index (χ3n) is 4.57. The Morgan fingerprint density at radius 1 is 0.957 bits per heavy atom. The molecule has 0 unspecified atom stereocenters. The summed E-state index contributed by atoms with van der Waals surface area (Å²) in [4.78, 5) is 16.9. The number of hydrogen-bond donors (Lipinski definition) is 0. The van der Waals surface area contributed by atoms with Crippen LogP contribution in [0.5, 0.6) is 0 Å². The van der Waals surface area contributed by atoms with Crippen LogP contribution in [-0.4, -0.2) is 37.0 Å². The van der Waals surface area contributed by atoms with Crippen molar-refractivity contribution in [1.82, 2.24) is 4.90 Å². The van der Waals surface area contributed by atoms with Gasteiger partial charge >= 0.3 is 0 Å². The Morgan fingerprint density at radius 3 is 2.26 bits per heavy atom. The van der Waals surface area contributed by atoms with Crippen LogP contribution in [0.3, 0.4) is 0 Å². The van der Waals surface area contributed by atoms with Gasteiger partial charge < -0.3 is 9.80 Å². The quantitative estimate of drug-likeness (QED) is 0.689. The number of amides is 1. The number of halogens is 1. The zero-order valence-electron chi connectivity index (χ0n) is 13.6. The lowest BCUT2D eigenvalue weighted by Gasteiger charge is -2.37. The maximum Gasteiger partial charge on any atom is 0.253 e. The van der Waals surface area contributed by atoms with Crippen molar-refractivity contribution < 1.29 is 4.79 Å². The van der Waals surface area contributed by atoms with Gasteiger partial charge in [-0.2, -0.15) is 0 Å². The third-order valence-corrected chi connectivity index (χ3v) is 5.29. The number of anilines is 1. The minimum Gasteiger partial charge on any atom is -0.368 e. The first kappa shape index (κ1) is 16.3. The molecule has 0 bridgehead atoms. The minimum atomic E-state index is 0.141. The molecule has 3 nitrogen and oxygen atoms in total. The Balaban J connectivity index is 1.67. The Hall–Kier alpha value is -1.56. The van der Waals surface area contributed by atoms with Crippen molar-refractivity contribution in [2.45, 2.75) is 13.8 Å². The van der Waals surface area contributed by atoms with E-state index in [1.165, 1.54) is 16.8 Å². The molecule has 120 valence electrons. The van der Waals surface area contributed by atoms with Gasteiger partial charge in [-0.05, 0) is 77.9 Å². The Morgan fingerprint density at radius 2 is 1.61 bits per heavy atom. The predicted octanol–water partition coefficient (Wildman–Crippen LogP) is 3.87. The van der Waals surface area contributed by atoms with Gasteiger partial charge in [0, 0.05) is 41.0 Å². The average molecular weight is 420 g/mol. The van der Waals surface area contributed by atoms with E-state index in [0.29, 0.717) is 0 Å². The SMILES string of the molecule is Cc1cccc(N2CCN(C(=O)c3ccc(I)cc3)CC2)c1C. The van der Waals surface area contributed by atoms with Crippen molar-refractivity contribution in [3.05, 3.63) is 62.7 Å². The van der Waals surface area contributed by atoms with Gasteiger partial charge in [0.15, 0.2) is 0 Å². The highest BCUT2D eigenvalue weighted by Crippen LogP contribution is 2.24. The van der Waals surface area contributed by atoms with Crippen molar-refractivity contribution in [2.24, 2.45) is 0 Å². The maximum absolute atomic E-state index is 12.6. The van der Waals surface area contributed by atoms with Gasteiger partial charge in [0.25, 0.3) is 5.91 Å². The number of benzene rings is 2. The first-order valence-corrected chi connectivity index (χ1v) is 9.00. The normalized spacial score (nSPS) is 14.9. The summed E-state index contributed by atoms with van der Waals surface area (Å²) in [6, 6.07) is 14.2. The van der Waals surface area contributed by atoms with Gasteiger partial charge in [0.1, 0.15) is 0 Å². The van der Waals surface area contributed by atoms with Crippen LogP contribution in [0, 0.1) is 17.4 Å². The summed E-state index contributed by atoms with van der Waals surface area (Å²) < 4.78 is 1.15. The van der Waals surface area contributed by atoms with Crippen molar-refractivity contribution >= 4 is 34.2 Å². The number of rotatable bonds is 2. The number of aryl methyl sites for hydroxylation is 1. The van der Waals surface area contributed by atoms with Gasteiger partial charge in [0.05, 0.1) is 0 Å². The molecule has 4 heteroatoms. The van der Waals surface area contributed by atoms with Gasteiger partial charge in [0.2, 0.25) is 0 Å². The van der Waals surface area contributed by atoms with Gasteiger partial charge in [-0.1, -0.05) is 12.1 Å². The zero-order chi connectivity index (χ0) is 16.4. The Labute approximate surface area is 151 Å². The second-order valence-electron chi connectivity index (χ2n) is 6.01. The molecule has 2 aromatic carbocycles. The van der Waals surface area contributed by atoms with Crippen LogP contribution in [0.25, 0.3) is 0 Å². The summed E-state index contributed by atoms with van der Waals surface area (Å²) in [5, 5.41) is 0. The second kappa shape index (κ2) is 6.91. The molecule has 0 atom stereocenters. The van der Waals surface area contributed by atoms with E-state index in [1.807, 2.05) is 29.2 Å². The van der Waals surface area contributed by atoms with Crippen LogP contribution in [0.4, 0.5) is 5.69 Å². The molecule has 23 heavy (non-hydrogen) atoms. The largest absolute Gasteiger partial charge is 0.368 e. The lowest BCUT2D eigenvalue weighted by molar-refractivity contribution is 0.0747. The second-order valence-corrected chi connectivity index (χ2v) is 7.25. The van der Waals surface area contributed by atoms with Crippen LogP contribution in [0.1, 0.15) is 21.5 Å². The molecular weight excluding hydrogens is 399 g/mol. The molecule has 0 spiro atoms. The number of hydrogen-bond acceptors (Lipinski definition) is 2. The van der Waals surface area contributed by atoms with Crippen molar-refractivity contribution in [1.29, 1.82) is 0 Å². The molecule has 2 aromatic rings. The molecule has 0 aliphatic carbocycles. The summed E-state index contributed by atoms with van der Waals surface area (Å²) in [7, 11) is 0. The highest BCUT2D eigenvalue weighted by molar-refractivity contribution is 14.1. The topological polar surface area (TPSA) is 23.6 Å². The molecule has 0 aromatic heterocycles. The molecule has 0 saturated carbocycles. The average Bonchev–Trinajstić information content (AvgIpc) is 2.58. The van der Waals surface area contributed by atoms with Crippen LogP contribution < -0.4 is 4.90 Å².